The maximum Gasteiger partial charge on any atom is 0.407 e. The first kappa shape index (κ1) is 18.0. The van der Waals surface area contributed by atoms with E-state index in [1.54, 1.807) is 0 Å². The molecule has 0 bridgehead atoms. The van der Waals surface area contributed by atoms with Crippen LogP contribution in [0.1, 0.15) is 44.2 Å². The second-order valence-electron chi connectivity index (χ2n) is 7.80. The number of nitriles is 1. The van der Waals surface area contributed by atoms with Crippen LogP contribution in [0.3, 0.4) is 0 Å². The third-order valence-corrected chi connectivity index (χ3v) is 4.49. The molecule has 26 heavy (non-hydrogen) atoms. The summed E-state index contributed by atoms with van der Waals surface area (Å²) < 4.78 is 5.28. The minimum Gasteiger partial charge on any atom is -0.444 e. The summed E-state index contributed by atoms with van der Waals surface area (Å²) in [5.41, 5.74) is 3.75. The van der Waals surface area contributed by atoms with Crippen molar-refractivity contribution in [1.82, 2.24) is 5.32 Å². The molecule has 1 aliphatic carbocycles. The van der Waals surface area contributed by atoms with Crippen molar-refractivity contribution in [3.05, 3.63) is 59.7 Å². The van der Waals surface area contributed by atoms with E-state index in [1.807, 2.05) is 45.0 Å². The fraction of sp³-hybridized carbons (Fsp3) is 0.364. The molecule has 0 heterocycles. The fourth-order valence-corrected chi connectivity index (χ4v) is 3.10. The van der Waals surface area contributed by atoms with Gasteiger partial charge >= 0.3 is 6.09 Å². The van der Waals surface area contributed by atoms with Crippen LogP contribution in [-0.2, 0) is 4.74 Å². The molecule has 3 rings (SSSR count). The van der Waals surface area contributed by atoms with Gasteiger partial charge in [-0.05, 0) is 67.9 Å². The van der Waals surface area contributed by atoms with Gasteiger partial charge in [-0.25, -0.2) is 4.79 Å². The molecule has 0 spiro atoms. The first-order chi connectivity index (χ1) is 12.4. The molecule has 0 unspecified atom stereocenters. The first-order valence-electron chi connectivity index (χ1n) is 8.93. The van der Waals surface area contributed by atoms with Crippen LogP contribution in [0.2, 0.25) is 0 Å². The SMILES string of the molecule is CC(C)(C)OC(=O)NC[C@@H]1C[C@H]1c1cccc(-c2ccc(C#N)cc2)c1. The normalized spacial score (nSPS) is 18.7. The number of nitrogens with zero attached hydrogens (tertiary/aromatic N) is 1. The number of carbonyl (C=O) groups is 1. The molecule has 4 heteroatoms. The van der Waals surface area contributed by atoms with Crippen molar-refractivity contribution in [3.63, 3.8) is 0 Å². The van der Waals surface area contributed by atoms with Crippen LogP contribution in [0.5, 0.6) is 0 Å². The summed E-state index contributed by atoms with van der Waals surface area (Å²) in [5, 5.41) is 11.8. The lowest BCUT2D eigenvalue weighted by Crippen LogP contribution is -2.33. The lowest BCUT2D eigenvalue weighted by Gasteiger charge is -2.19. The highest BCUT2D eigenvalue weighted by atomic mass is 16.6. The average molecular weight is 348 g/mol. The largest absolute Gasteiger partial charge is 0.444 e. The van der Waals surface area contributed by atoms with E-state index in [0.29, 0.717) is 23.9 Å². The van der Waals surface area contributed by atoms with E-state index in [9.17, 15) is 4.79 Å². The summed E-state index contributed by atoms with van der Waals surface area (Å²) in [7, 11) is 0. The molecule has 1 fully saturated rings. The topological polar surface area (TPSA) is 62.1 Å². The molecule has 2 aromatic rings. The number of ether oxygens (including phenoxy) is 1. The summed E-state index contributed by atoms with van der Waals surface area (Å²) >= 11 is 0. The molecule has 0 aliphatic heterocycles. The molecule has 134 valence electrons. The van der Waals surface area contributed by atoms with E-state index in [0.717, 1.165) is 17.5 Å². The van der Waals surface area contributed by atoms with Crippen molar-refractivity contribution < 1.29 is 9.53 Å². The third kappa shape index (κ3) is 4.64. The van der Waals surface area contributed by atoms with Crippen molar-refractivity contribution in [2.75, 3.05) is 6.54 Å². The van der Waals surface area contributed by atoms with Crippen LogP contribution in [0.15, 0.2) is 48.5 Å². The predicted octanol–water partition coefficient (Wildman–Crippen LogP) is 4.85. The molecular weight excluding hydrogens is 324 g/mol. The molecule has 0 aromatic heterocycles. The van der Waals surface area contributed by atoms with Crippen LogP contribution in [0, 0.1) is 17.2 Å². The van der Waals surface area contributed by atoms with Gasteiger partial charge in [0.1, 0.15) is 5.60 Å². The summed E-state index contributed by atoms with van der Waals surface area (Å²) in [6.45, 7) is 6.23. The molecular formula is C22H24N2O2. The van der Waals surface area contributed by atoms with Crippen LogP contribution in [-0.4, -0.2) is 18.2 Å². The zero-order chi connectivity index (χ0) is 18.7. The van der Waals surface area contributed by atoms with Crippen molar-refractivity contribution in [2.24, 2.45) is 5.92 Å². The van der Waals surface area contributed by atoms with Gasteiger partial charge in [-0.2, -0.15) is 5.26 Å². The molecule has 2 aromatic carbocycles. The van der Waals surface area contributed by atoms with Gasteiger partial charge in [0.2, 0.25) is 0 Å². The Bertz CT molecular complexity index is 828. The summed E-state index contributed by atoms with van der Waals surface area (Å²) in [5.74, 6) is 0.932. The van der Waals surface area contributed by atoms with E-state index >= 15 is 0 Å². The van der Waals surface area contributed by atoms with Gasteiger partial charge in [0.15, 0.2) is 0 Å². The Morgan fingerprint density at radius 2 is 1.92 bits per heavy atom. The van der Waals surface area contributed by atoms with Crippen LogP contribution in [0.25, 0.3) is 11.1 Å². The zero-order valence-electron chi connectivity index (χ0n) is 15.5. The van der Waals surface area contributed by atoms with Gasteiger partial charge in [-0.3, -0.25) is 0 Å². The summed E-state index contributed by atoms with van der Waals surface area (Å²) in [6, 6.07) is 18.3. The van der Waals surface area contributed by atoms with E-state index in [4.69, 9.17) is 10.00 Å². The molecule has 0 saturated heterocycles. The maximum absolute atomic E-state index is 11.8. The van der Waals surface area contributed by atoms with Gasteiger partial charge in [-0.1, -0.05) is 36.4 Å². The molecule has 1 N–H and O–H groups in total. The Morgan fingerprint density at radius 1 is 1.19 bits per heavy atom. The molecule has 1 saturated carbocycles. The van der Waals surface area contributed by atoms with E-state index in [-0.39, 0.29) is 6.09 Å². The fourth-order valence-electron chi connectivity index (χ4n) is 3.10. The minimum absolute atomic E-state index is 0.352. The number of benzene rings is 2. The number of rotatable bonds is 4. The smallest absolute Gasteiger partial charge is 0.407 e. The second-order valence-corrected chi connectivity index (χ2v) is 7.80. The molecule has 0 radical (unpaired) electrons. The van der Waals surface area contributed by atoms with Crippen LogP contribution in [0.4, 0.5) is 4.79 Å². The van der Waals surface area contributed by atoms with E-state index in [2.05, 4.69) is 35.7 Å². The summed E-state index contributed by atoms with van der Waals surface area (Å²) in [6.07, 6.45) is 0.724. The number of hydrogen-bond donors (Lipinski definition) is 1. The highest BCUT2D eigenvalue weighted by molar-refractivity contribution is 5.68. The third-order valence-electron chi connectivity index (χ3n) is 4.49. The molecule has 4 nitrogen and oxygen atoms in total. The number of alkyl carbamates (subject to hydrolysis) is 1. The second kappa shape index (κ2) is 7.21. The number of hydrogen-bond acceptors (Lipinski definition) is 3. The quantitative estimate of drug-likeness (QED) is 0.859. The van der Waals surface area contributed by atoms with Crippen molar-refractivity contribution in [1.29, 1.82) is 5.26 Å². The molecule has 1 aliphatic rings. The van der Waals surface area contributed by atoms with Crippen LogP contribution < -0.4 is 5.32 Å². The zero-order valence-corrected chi connectivity index (χ0v) is 15.5. The Balaban J connectivity index is 1.59. The number of carbonyl (C=O) groups excluding carboxylic acids is 1. The highest BCUT2D eigenvalue weighted by Gasteiger charge is 2.38. The van der Waals surface area contributed by atoms with Crippen molar-refractivity contribution in [2.45, 2.75) is 38.7 Å². The van der Waals surface area contributed by atoms with Crippen molar-refractivity contribution in [3.8, 4) is 17.2 Å². The highest BCUT2D eigenvalue weighted by Crippen LogP contribution is 2.47. The van der Waals surface area contributed by atoms with Crippen LogP contribution >= 0.6 is 0 Å². The van der Waals surface area contributed by atoms with Gasteiger partial charge in [0, 0.05) is 6.54 Å². The Hall–Kier alpha value is -2.80. The molecule has 2 atom stereocenters. The monoisotopic (exact) mass is 348 g/mol. The number of amides is 1. The maximum atomic E-state index is 11.8. The van der Waals surface area contributed by atoms with E-state index < -0.39 is 5.60 Å². The van der Waals surface area contributed by atoms with Gasteiger partial charge < -0.3 is 10.1 Å². The lowest BCUT2D eigenvalue weighted by molar-refractivity contribution is 0.0525. The van der Waals surface area contributed by atoms with Gasteiger partial charge in [0.05, 0.1) is 11.6 Å². The molecule has 1 amide bonds. The Morgan fingerprint density at radius 3 is 2.58 bits per heavy atom. The first-order valence-corrected chi connectivity index (χ1v) is 8.93. The van der Waals surface area contributed by atoms with Gasteiger partial charge in [0.25, 0.3) is 0 Å². The average Bonchev–Trinajstić information content (AvgIpc) is 3.38. The predicted molar refractivity (Wildman–Crippen MR) is 102 cm³/mol. The van der Waals surface area contributed by atoms with E-state index in [1.165, 1.54) is 5.56 Å². The van der Waals surface area contributed by atoms with Crippen molar-refractivity contribution >= 4 is 6.09 Å². The standard InChI is InChI=1S/C22H24N2O2/c1-22(2,3)26-21(25)24-14-19-12-20(19)18-6-4-5-17(11-18)16-9-7-15(13-23)8-10-16/h4-11,19-20H,12,14H2,1-3H3,(H,24,25)/t19-,20-/m0/s1. The van der Waals surface area contributed by atoms with Gasteiger partial charge in [-0.15, -0.1) is 0 Å². The Labute approximate surface area is 154 Å². The lowest BCUT2D eigenvalue weighted by atomic mass is 9.99. The minimum atomic E-state index is -0.470. The number of nitrogens with one attached hydrogen (secondary N) is 1. The Kier molecular flexibility index (Phi) is 4.99. The summed E-state index contributed by atoms with van der Waals surface area (Å²) in [4.78, 5) is 11.8.